The normalized spacial score (nSPS) is 13.8. The number of benzene rings is 2. The van der Waals surface area contributed by atoms with E-state index in [0.29, 0.717) is 71.9 Å². The summed E-state index contributed by atoms with van der Waals surface area (Å²) in [5, 5.41) is 24.4. The number of methoxy groups -OCH3 is 1. The minimum atomic E-state index is -1.18. The number of aryl methyl sites for hydroxylation is 4. The number of carbonyl (C=O) groups excluding carboxylic acids is 4. The zero-order chi connectivity index (χ0) is 49.0. The number of carbonyl (C=O) groups is 5. The number of primary amides is 1. The predicted molar refractivity (Wildman–Crippen MR) is 251 cm³/mol. The van der Waals surface area contributed by atoms with Gasteiger partial charge in [0.25, 0.3) is 11.8 Å². The van der Waals surface area contributed by atoms with Gasteiger partial charge in [-0.3, -0.25) is 34.4 Å². The first-order chi connectivity index (χ1) is 32.4. The van der Waals surface area contributed by atoms with Gasteiger partial charge in [0.2, 0.25) is 17.8 Å². The van der Waals surface area contributed by atoms with E-state index in [0.717, 1.165) is 0 Å². The summed E-state index contributed by atoms with van der Waals surface area (Å²) in [6.07, 6.45) is 3.86. The second kappa shape index (κ2) is 19.8. The maximum Gasteiger partial charge on any atom is 0.410 e. The molecule has 5 heterocycles. The SMILES string of the molecule is CCn1nc(C)cc1C(=O)Nc1nc2cc(C(=O)O)cc(OC)c2n1C/C=C/Cn1c(NC(=O)c2cc(C)nn2CC)nc2cc(C(N)=O)cc(OCC#CC3CCN(C(=O)OC(C)(C)C)C3)c21. The number of nitrogens with two attached hydrogens (primary N) is 1. The molecule has 0 radical (unpaired) electrons. The molecular weight excluding hydrogens is 877 g/mol. The highest BCUT2D eigenvalue weighted by atomic mass is 16.6. The molecule has 0 aliphatic carbocycles. The van der Waals surface area contributed by atoms with Crippen LogP contribution in [0.5, 0.6) is 11.5 Å². The Balaban J connectivity index is 1.24. The fourth-order valence-electron chi connectivity index (χ4n) is 7.84. The number of likely N-dealkylation sites (tertiary alicyclic amines) is 1. The lowest BCUT2D eigenvalue weighted by molar-refractivity contribution is 0.0291. The van der Waals surface area contributed by atoms with Crippen LogP contribution in [-0.4, -0.2) is 111 Å². The van der Waals surface area contributed by atoms with Crippen molar-refractivity contribution in [2.24, 2.45) is 11.7 Å². The van der Waals surface area contributed by atoms with Gasteiger partial charge in [0.05, 0.1) is 35.1 Å². The number of fused-ring (bicyclic) bond motifs is 2. The third-order valence-electron chi connectivity index (χ3n) is 10.9. The van der Waals surface area contributed by atoms with Gasteiger partial charge in [0.1, 0.15) is 46.1 Å². The Labute approximate surface area is 391 Å². The van der Waals surface area contributed by atoms with Crippen LogP contribution >= 0.6 is 0 Å². The lowest BCUT2D eigenvalue weighted by Gasteiger charge is -2.24. The largest absolute Gasteiger partial charge is 0.494 e. The van der Waals surface area contributed by atoms with Crippen LogP contribution in [-0.2, 0) is 30.9 Å². The predicted octanol–water partition coefficient (Wildman–Crippen LogP) is 5.64. The van der Waals surface area contributed by atoms with Crippen molar-refractivity contribution >= 4 is 63.7 Å². The van der Waals surface area contributed by atoms with Crippen LogP contribution in [0.3, 0.4) is 0 Å². The number of hydrogen-bond donors (Lipinski definition) is 4. The smallest absolute Gasteiger partial charge is 0.410 e. The minimum Gasteiger partial charge on any atom is -0.494 e. The number of carboxylic acids is 1. The van der Waals surface area contributed by atoms with E-state index in [2.05, 4.69) is 37.7 Å². The number of carboxylic acid groups (broad SMARTS) is 1. The molecule has 0 bridgehead atoms. The van der Waals surface area contributed by atoms with Crippen molar-refractivity contribution in [2.45, 2.75) is 86.7 Å². The van der Waals surface area contributed by atoms with E-state index in [1.54, 1.807) is 61.5 Å². The molecule has 1 aliphatic heterocycles. The van der Waals surface area contributed by atoms with Crippen LogP contribution in [0.2, 0.25) is 0 Å². The number of amides is 4. The second-order valence-corrected chi connectivity index (χ2v) is 17.0. The fraction of sp³-hybridized carbons (Fsp3) is 0.383. The average molecular weight is 931 g/mol. The number of allylic oxidation sites excluding steroid dienone is 2. The molecule has 4 aromatic heterocycles. The van der Waals surface area contributed by atoms with Gasteiger partial charge in [-0.05, 0) is 91.3 Å². The fourth-order valence-corrected chi connectivity index (χ4v) is 7.84. The van der Waals surface area contributed by atoms with Gasteiger partial charge in [0, 0.05) is 50.7 Å². The summed E-state index contributed by atoms with van der Waals surface area (Å²) in [5.74, 6) is 3.93. The summed E-state index contributed by atoms with van der Waals surface area (Å²) in [6, 6.07) is 9.10. The topological polar surface area (TPSA) is 258 Å². The molecule has 1 aliphatic rings. The standard InChI is InChI=1S/C47H54N12O9/c1-9-58-34(20-27(3)53-58)41(61)51-44-50-33-23-31(43(63)64)25-36(66-8)38(33)56(44)16-11-12-17-57-39-32(49-45(57)52-42(62)35-21-28(4)54-59(35)10-2)22-30(40(48)60)24-37(39)67-19-13-14-29-15-18-55(26-29)46(65)68-47(5,6)7/h11-12,20-25,29H,9-10,15-19,26H2,1-8H3,(H2,48,60)(H,63,64)(H,49,52,62)(H,50,51,61)/b12-11+. The van der Waals surface area contributed by atoms with Crippen LogP contribution in [0.1, 0.15) is 94.1 Å². The lowest BCUT2D eigenvalue weighted by Crippen LogP contribution is -2.35. The molecule has 21 heteroatoms. The van der Waals surface area contributed by atoms with E-state index >= 15 is 0 Å². The van der Waals surface area contributed by atoms with Crippen molar-refractivity contribution in [2.75, 3.05) is 37.4 Å². The number of nitrogens with zero attached hydrogens (tertiary/aromatic N) is 9. The van der Waals surface area contributed by atoms with Crippen molar-refractivity contribution in [3.63, 3.8) is 0 Å². The molecule has 1 atom stereocenters. The van der Waals surface area contributed by atoms with Crippen LogP contribution in [0.4, 0.5) is 16.7 Å². The van der Waals surface area contributed by atoms with E-state index in [1.807, 2.05) is 34.6 Å². The second-order valence-electron chi connectivity index (χ2n) is 17.0. The molecule has 1 saturated heterocycles. The molecule has 5 N–H and O–H groups in total. The van der Waals surface area contributed by atoms with Gasteiger partial charge in [0.15, 0.2) is 0 Å². The number of rotatable bonds is 15. The Kier molecular flexibility index (Phi) is 13.9. The van der Waals surface area contributed by atoms with Crippen molar-refractivity contribution in [3.05, 3.63) is 82.5 Å². The highest BCUT2D eigenvalue weighted by Gasteiger charge is 2.29. The Bertz CT molecular complexity index is 3050. The van der Waals surface area contributed by atoms with E-state index in [4.69, 9.17) is 24.9 Å². The average Bonchev–Trinajstić information content (AvgIpc) is 4.13. The summed E-state index contributed by atoms with van der Waals surface area (Å²) < 4.78 is 23.9. The first kappa shape index (κ1) is 47.8. The maximum absolute atomic E-state index is 13.9. The number of aromatic carboxylic acids is 1. The number of anilines is 2. The molecular formula is C47H54N12O9. The Morgan fingerprint density at radius 1 is 0.824 bits per heavy atom. The Hall–Kier alpha value is -8.15. The Morgan fingerprint density at radius 2 is 1.35 bits per heavy atom. The number of nitrogens with one attached hydrogen (secondary N) is 2. The lowest BCUT2D eigenvalue weighted by atomic mass is 10.1. The highest BCUT2D eigenvalue weighted by Crippen LogP contribution is 2.33. The summed E-state index contributed by atoms with van der Waals surface area (Å²) in [6.45, 7) is 14.6. The molecule has 356 valence electrons. The monoisotopic (exact) mass is 930 g/mol. The summed E-state index contributed by atoms with van der Waals surface area (Å²) in [5.41, 5.74) is 8.52. The highest BCUT2D eigenvalue weighted by molar-refractivity contribution is 6.05. The number of imidazole rings is 2. The van der Waals surface area contributed by atoms with Crippen molar-refractivity contribution in [1.29, 1.82) is 0 Å². The molecule has 1 unspecified atom stereocenters. The van der Waals surface area contributed by atoms with Crippen molar-refractivity contribution < 1.29 is 43.3 Å². The van der Waals surface area contributed by atoms with E-state index in [-0.39, 0.29) is 65.7 Å². The molecule has 1 fully saturated rings. The third kappa shape index (κ3) is 10.4. The first-order valence-electron chi connectivity index (χ1n) is 22.0. The minimum absolute atomic E-state index is 0.0577. The van der Waals surface area contributed by atoms with Gasteiger partial charge in [-0.2, -0.15) is 10.2 Å². The summed E-state index contributed by atoms with van der Waals surface area (Å²) >= 11 is 0. The molecule has 68 heavy (non-hydrogen) atoms. The van der Waals surface area contributed by atoms with E-state index < -0.39 is 35.4 Å². The van der Waals surface area contributed by atoms with Crippen LogP contribution in [0, 0.1) is 31.6 Å². The zero-order valence-electron chi connectivity index (χ0n) is 39.2. The molecule has 0 spiro atoms. The van der Waals surface area contributed by atoms with Crippen molar-refractivity contribution in [3.8, 4) is 23.3 Å². The van der Waals surface area contributed by atoms with Gasteiger partial charge in [-0.1, -0.05) is 24.0 Å². The summed E-state index contributed by atoms with van der Waals surface area (Å²) in [7, 11) is 1.41. The molecule has 4 amide bonds. The van der Waals surface area contributed by atoms with Gasteiger partial charge in [-0.15, -0.1) is 0 Å². The quantitative estimate of drug-likeness (QED) is 0.0719. The van der Waals surface area contributed by atoms with Crippen molar-refractivity contribution in [1.82, 2.24) is 43.6 Å². The van der Waals surface area contributed by atoms with Gasteiger partial charge < -0.3 is 39.1 Å². The maximum atomic E-state index is 13.9. The summed E-state index contributed by atoms with van der Waals surface area (Å²) in [4.78, 5) is 75.9. The molecule has 6 aromatic rings. The molecule has 0 saturated carbocycles. The first-order valence-corrected chi connectivity index (χ1v) is 22.0. The van der Waals surface area contributed by atoms with E-state index in [1.165, 1.54) is 31.4 Å². The molecule has 2 aromatic carbocycles. The van der Waals surface area contributed by atoms with Crippen LogP contribution in [0.15, 0.2) is 48.6 Å². The van der Waals surface area contributed by atoms with Gasteiger partial charge >= 0.3 is 12.1 Å². The molecule has 21 nitrogen and oxygen atoms in total. The van der Waals surface area contributed by atoms with Crippen LogP contribution in [0.25, 0.3) is 22.1 Å². The number of hydrogen-bond acceptors (Lipinski definition) is 12. The number of ether oxygens (including phenoxy) is 3. The number of aromatic nitrogens is 8. The Morgan fingerprint density at radius 3 is 1.85 bits per heavy atom. The zero-order valence-corrected chi connectivity index (χ0v) is 39.2. The van der Waals surface area contributed by atoms with Gasteiger partial charge in [-0.25, -0.2) is 19.6 Å². The third-order valence-corrected chi connectivity index (χ3v) is 10.9. The van der Waals surface area contributed by atoms with E-state index in [9.17, 15) is 29.1 Å². The molecule has 7 rings (SSSR count). The van der Waals surface area contributed by atoms with Crippen LogP contribution < -0.4 is 25.8 Å².